The van der Waals surface area contributed by atoms with Gasteiger partial charge in [0.15, 0.2) is 0 Å². The van der Waals surface area contributed by atoms with Gasteiger partial charge in [-0.25, -0.2) is 9.59 Å². The molecule has 1 aromatic carbocycles. The number of carboxylic acid groups (broad SMARTS) is 2. The van der Waals surface area contributed by atoms with Crippen molar-refractivity contribution in [2.24, 2.45) is 0 Å². The lowest BCUT2D eigenvalue weighted by Crippen LogP contribution is -1.95. The first-order valence-electron chi connectivity index (χ1n) is 3.34. The minimum absolute atomic E-state index is 0.148. The van der Waals surface area contributed by atoms with Crippen LogP contribution in [0.1, 0.15) is 10.4 Å². The predicted octanol–water partition coefficient (Wildman–Crippen LogP) is 2.15. The van der Waals surface area contributed by atoms with Crippen LogP contribution in [0.3, 0.4) is 0 Å². The first-order chi connectivity index (χ1) is 6.09. The first kappa shape index (κ1) is 9.60. The molecular formula is C8H6O4S. The Bertz CT molecular complexity index is 331. The second kappa shape index (κ2) is 3.95. The van der Waals surface area contributed by atoms with E-state index in [1.165, 1.54) is 24.3 Å². The van der Waals surface area contributed by atoms with Gasteiger partial charge in [-0.1, -0.05) is 0 Å². The van der Waals surface area contributed by atoms with E-state index in [0.717, 1.165) is 0 Å². The molecule has 0 aromatic heterocycles. The van der Waals surface area contributed by atoms with Gasteiger partial charge in [0, 0.05) is 4.90 Å². The van der Waals surface area contributed by atoms with Gasteiger partial charge in [0.1, 0.15) is 0 Å². The molecule has 1 aromatic rings. The molecule has 0 aliphatic rings. The summed E-state index contributed by atoms with van der Waals surface area (Å²) in [6.07, 6.45) is 0. The van der Waals surface area contributed by atoms with Crippen molar-refractivity contribution in [3.63, 3.8) is 0 Å². The molecule has 0 saturated heterocycles. The minimum Gasteiger partial charge on any atom is -0.478 e. The topological polar surface area (TPSA) is 74.6 Å². The van der Waals surface area contributed by atoms with Crippen molar-refractivity contribution < 1.29 is 19.8 Å². The summed E-state index contributed by atoms with van der Waals surface area (Å²) in [6, 6.07) is 5.66. The van der Waals surface area contributed by atoms with E-state index in [-0.39, 0.29) is 5.56 Å². The lowest BCUT2D eigenvalue weighted by Gasteiger charge is -1.96. The average Bonchev–Trinajstić information content (AvgIpc) is 2.04. The zero-order valence-corrected chi connectivity index (χ0v) is 7.25. The van der Waals surface area contributed by atoms with Crippen molar-refractivity contribution in [3.05, 3.63) is 29.8 Å². The van der Waals surface area contributed by atoms with E-state index in [4.69, 9.17) is 10.2 Å². The number of rotatable bonds is 2. The van der Waals surface area contributed by atoms with Crippen molar-refractivity contribution in [2.75, 3.05) is 0 Å². The third-order valence-corrected chi connectivity index (χ3v) is 1.99. The Morgan fingerprint density at radius 3 is 2.00 bits per heavy atom. The number of hydrogen-bond acceptors (Lipinski definition) is 3. The van der Waals surface area contributed by atoms with Gasteiger partial charge in [-0.05, 0) is 36.0 Å². The molecule has 13 heavy (non-hydrogen) atoms. The Balaban J connectivity index is 2.81. The molecule has 0 amide bonds. The second-order valence-electron chi connectivity index (χ2n) is 2.20. The highest BCUT2D eigenvalue weighted by atomic mass is 32.2. The molecule has 0 atom stereocenters. The molecule has 0 aliphatic heterocycles. The van der Waals surface area contributed by atoms with Gasteiger partial charge in [0.2, 0.25) is 0 Å². The molecule has 0 aliphatic carbocycles. The molecule has 5 heteroatoms. The lowest BCUT2D eigenvalue weighted by molar-refractivity contribution is 0.0697. The Kier molecular flexibility index (Phi) is 2.92. The van der Waals surface area contributed by atoms with Crippen molar-refractivity contribution in [2.45, 2.75) is 4.90 Å². The van der Waals surface area contributed by atoms with Gasteiger partial charge in [0.25, 0.3) is 0 Å². The zero-order valence-electron chi connectivity index (χ0n) is 6.43. The fourth-order valence-electron chi connectivity index (χ4n) is 0.766. The summed E-state index contributed by atoms with van der Waals surface area (Å²) in [7, 11) is 0. The van der Waals surface area contributed by atoms with Crippen LogP contribution in [-0.2, 0) is 0 Å². The molecule has 0 bridgehead atoms. The normalized spacial score (nSPS) is 9.54. The number of aromatic carboxylic acids is 1. The quantitative estimate of drug-likeness (QED) is 0.712. The molecule has 0 radical (unpaired) electrons. The first-order valence-corrected chi connectivity index (χ1v) is 4.15. The molecule has 0 saturated carbocycles. The molecule has 2 N–H and O–H groups in total. The largest absolute Gasteiger partial charge is 0.478 e. The van der Waals surface area contributed by atoms with Gasteiger partial charge in [-0.15, -0.1) is 0 Å². The molecule has 0 heterocycles. The summed E-state index contributed by atoms with van der Waals surface area (Å²) in [4.78, 5) is 21.2. The van der Waals surface area contributed by atoms with Crippen LogP contribution in [0.15, 0.2) is 29.2 Å². The summed E-state index contributed by atoms with van der Waals surface area (Å²) in [6.45, 7) is 0. The fourth-order valence-corrected chi connectivity index (χ4v) is 1.24. The van der Waals surface area contributed by atoms with E-state index in [9.17, 15) is 9.59 Å². The smallest absolute Gasteiger partial charge is 0.369 e. The summed E-state index contributed by atoms with van der Waals surface area (Å²) in [5, 5.41) is 15.9. The third kappa shape index (κ3) is 2.79. The molecule has 0 fully saturated rings. The standard InChI is InChI=1S/C8H6O4S/c9-7(10)5-1-3-6(4-2-5)13-8(11)12/h1-4H,(H,9,10)(H,11,12). The highest BCUT2D eigenvalue weighted by Crippen LogP contribution is 2.18. The molecule has 1 rings (SSSR count). The maximum atomic E-state index is 10.4. The molecule has 68 valence electrons. The van der Waals surface area contributed by atoms with E-state index < -0.39 is 11.3 Å². The molecule has 0 spiro atoms. The average molecular weight is 198 g/mol. The van der Waals surface area contributed by atoms with Crippen LogP contribution in [0.2, 0.25) is 0 Å². The van der Waals surface area contributed by atoms with E-state index in [2.05, 4.69) is 0 Å². The van der Waals surface area contributed by atoms with Crippen LogP contribution in [-0.4, -0.2) is 21.5 Å². The molecule has 0 unspecified atom stereocenters. The summed E-state index contributed by atoms with van der Waals surface area (Å²) in [5.74, 6) is -1.02. The predicted molar refractivity (Wildman–Crippen MR) is 47.3 cm³/mol. The van der Waals surface area contributed by atoms with Gasteiger partial charge in [-0.2, -0.15) is 0 Å². The van der Waals surface area contributed by atoms with Crippen LogP contribution >= 0.6 is 11.8 Å². The summed E-state index contributed by atoms with van der Waals surface area (Å²) in [5.41, 5.74) is 0.148. The fraction of sp³-hybridized carbons (Fsp3) is 0. The Labute approximate surface area is 78.2 Å². The Hall–Kier alpha value is -1.49. The summed E-state index contributed by atoms with van der Waals surface area (Å²) < 4.78 is 0. The van der Waals surface area contributed by atoms with Gasteiger partial charge >= 0.3 is 11.3 Å². The van der Waals surface area contributed by atoms with E-state index in [1.807, 2.05) is 0 Å². The van der Waals surface area contributed by atoms with Crippen molar-refractivity contribution >= 4 is 23.0 Å². The number of carboxylic acids is 1. The maximum absolute atomic E-state index is 10.4. The van der Waals surface area contributed by atoms with Gasteiger partial charge in [-0.3, -0.25) is 0 Å². The van der Waals surface area contributed by atoms with Gasteiger partial charge in [0.05, 0.1) is 5.56 Å². The van der Waals surface area contributed by atoms with Crippen LogP contribution in [0.25, 0.3) is 0 Å². The number of benzene rings is 1. The molecule has 4 nitrogen and oxygen atoms in total. The highest BCUT2D eigenvalue weighted by Gasteiger charge is 2.04. The van der Waals surface area contributed by atoms with Crippen molar-refractivity contribution in [3.8, 4) is 0 Å². The van der Waals surface area contributed by atoms with Crippen LogP contribution < -0.4 is 0 Å². The van der Waals surface area contributed by atoms with Gasteiger partial charge < -0.3 is 10.2 Å². The SMILES string of the molecule is O=C(O)Sc1ccc(C(=O)O)cc1. The van der Waals surface area contributed by atoms with Crippen LogP contribution in [0.4, 0.5) is 4.79 Å². The van der Waals surface area contributed by atoms with E-state index in [0.29, 0.717) is 16.7 Å². The Morgan fingerprint density at radius 2 is 1.62 bits per heavy atom. The summed E-state index contributed by atoms with van der Waals surface area (Å²) >= 11 is 0.643. The molecular weight excluding hydrogens is 192 g/mol. The monoisotopic (exact) mass is 198 g/mol. The van der Waals surface area contributed by atoms with E-state index >= 15 is 0 Å². The minimum atomic E-state index is -1.02. The van der Waals surface area contributed by atoms with Crippen LogP contribution in [0, 0.1) is 0 Å². The second-order valence-corrected chi connectivity index (χ2v) is 3.22. The third-order valence-electron chi connectivity index (χ3n) is 1.31. The van der Waals surface area contributed by atoms with E-state index in [1.54, 1.807) is 0 Å². The van der Waals surface area contributed by atoms with Crippen molar-refractivity contribution in [1.29, 1.82) is 0 Å². The van der Waals surface area contributed by atoms with Crippen molar-refractivity contribution in [1.82, 2.24) is 0 Å². The Morgan fingerprint density at radius 1 is 1.08 bits per heavy atom. The number of hydrogen-bond donors (Lipinski definition) is 2. The number of carbonyl (C=O) groups is 2. The number of thioether (sulfide) groups is 1. The lowest BCUT2D eigenvalue weighted by atomic mass is 10.2. The highest BCUT2D eigenvalue weighted by molar-refractivity contribution is 8.13. The van der Waals surface area contributed by atoms with Crippen LogP contribution in [0.5, 0.6) is 0 Å². The maximum Gasteiger partial charge on any atom is 0.369 e. The zero-order chi connectivity index (χ0) is 9.84.